The molecule has 1 aromatic carbocycles. The first-order valence-corrected chi connectivity index (χ1v) is 11.0. The summed E-state index contributed by atoms with van der Waals surface area (Å²) in [6, 6.07) is 3.59. The Morgan fingerprint density at radius 2 is 1.94 bits per heavy atom. The fourth-order valence-corrected chi connectivity index (χ4v) is 3.75. The number of carbonyl (C=O) groups excluding carboxylic acids is 1. The molecule has 0 aliphatic carbocycles. The molecule has 0 aliphatic rings. The number of aryl methyl sites for hydroxylation is 2. The number of benzene rings is 1. The van der Waals surface area contributed by atoms with Crippen molar-refractivity contribution in [3.8, 4) is 0 Å². The van der Waals surface area contributed by atoms with Crippen LogP contribution in [0, 0.1) is 12.8 Å². The Bertz CT molecular complexity index is 966. The van der Waals surface area contributed by atoms with E-state index in [-0.39, 0.29) is 31.1 Å². The number of rotatable bonds is 11. The highest BCUT2D eigenvalue weighted by Crippen LogP contribution is 2.27. The fraction of sp³-hybridized carbons (Fsp3) is 0.636. The van der Waals surface area contributed by atoms with E-state index in [0.29, 0.717) is 5.52 Å². The number of imidazole rings is 1. The van der Waals surface area contributed by atoms with Crippen LogP contribution in [-0.4, -0.2) is 62.9 Å². The van der Waals surface area contributed by atoms with Crippen molar-refractivity contribution >= 4 is 17.0 Å². The largest absolute Gasteiger partial charge is 0.490 e. The third kappa shape index (κ3) is 6.89. The smallest absolute Gasteiger partial charge is 0.437 e. The summed E-state index contributed by atoms with van der Waals surface area (Å²) in [4.78, 5) is 16.1. The summed E-state index contributed by atoms with van der Waals surface area (Å²) in [5.41, 5.74) is 13.7. The molecular weight excluding hydrogens is 455 g/mol. The Morgan fingerprint density at radius 3 is 2.50 bits per heavy atom. The van der Waals surface area contributed by atoms with Gasteiger partial charge in [-0.05, 0) is 49.9 Å². The Balaban J connectivity index is 2.41. The SMILES string of the molecule is Cc1ccc2c(c1)nc([C@H](O)[C@@H](CC(C)C)NC(OC(=O)C(F)(F)F)[C@H](O)[C@H](N)CCN)n2C. The molecule has 0 saturated heterocycles. The van der Waals surface area contributed by atoms with Crippen LogP contribution in [0.25, 0.3) is 11.0 Å². The second-order valence-corrected chi connectivity index (χ2v) is 8.92. The highest BCUT2D eigenvalue weighted by atomic mass is 19.4. The maximum Gasteiger partial charge on any atom is 0.490 e. The number of fused-ring (bicyclic) bond motifs is 1. The summed E-state index contributed by atoms with van der Waals surface area (Å²) in [5, 5.41) is 24.5. The van der Waals surface area contributed by atoms with E-state index in [0.717, 1.165) is 11.1 Å². The second kappa shape index (κ2) is 11.5. The average Bonchev–Trinajstić information content (AvgIpc) is 3.06. The highest BCUT2D eigenvalue weighted by Gasteiger charge is 2.44. The lowest BCUT2D eigenvalue weighted by Crippen LogP contribution is -2.57. The van der Waals surface area contributed by atoms with E-state index in [1.165, 1.54) is 0 Å². The molecule has 7 N–H and O–H groups in total. The number of nitrogens with one attached hydrogen (secondary N) is 1. The van der Waals surface area contributed by atoms with Crippen LogP contribution in [-0.2, 0) is 16.6 Å². The molecule has 2 rings (SSSR count). The number of carbonyl (C=O) groups is 1. The van der Waals surface area contributed by atoms with Gasteiger partial charge in [0.25, 0.3) is 0 Å². The number of esters is 1. The van der Waals surface area contributed by atoms with E-state index in [4.69, 9.17) is 11.5 Å². The lowest BCUT2D eigenvalue weighted by Gasteiger charge is -2.34. The number of aliphatic hydroxyl groups is 2. The molecule has 2 aromatic rings. The monoisotopic (exact) mass is 489 g/mol. The molecule has 1 aromatic heterocycles. The molecule has 1 heterocycles. The van der Waals surface area contributed by atoms with Gasteiger partial charge in [0, 0.05) is 19.1 Å². The van der Waals surface area contributed by atoms with Crippen LogP contribution >= 0.6 is 0 Å². The lowest BCUT2D eigenvalue weighted by atomic mass is 9.97. The van der Waals surface area contributed by atoms with Gasteiger partial charge in [0.2, 0.25) is 0 Å². The Kier molecular flexibility index (Phi) is 9.43. The quantitative estimate of drug-likeness (QED) is 0.235. The number of aromatic nitrogens is 2. The van der Waals surface area contributed by atoms with Crippen LogP contribution in [0.15, 0.2) is 18.2 Å². The molecule has 0 spiro atoms. The number of hydrogen-bond acceptors (Lipinski definition) is 8. The van der Waals surface area contributed by atoms with Gasteiger partial charge in [0.15, 0.2) is 6.23 Å². The molecule has 0 fully saturated rings. The first-order valence-electron chi connectivity index (χ1n) is 11.0. The predicted octanol–water partition coefficient (Wildman–Crippen LogP) is 1.39. The minimum absolute atomic E-state index is 0.0158. The fourth-order valence-electron chi connectivity index (χ4n) is 3.75. The number of aliphatic hydroxyl groups excluding tert-OH is 2. The van der Waals surface area contributed by atoms with Crippen molar-refractivity contribution in [1.29, 1.82) is 0 Å². The van der Waals surface area contributed by atoms with E-state index in [9.17, 15) is 28.2 Å². The zero-order valence-electron chi connectivity index (χ0n) is 19.7. The Morgan fingerprint density at radius 1 is 1.29 bits per heavy atom. The second-order valence-electron chi connectivity index (χ2n) is 8.92. The highest BCUT2D eigenvalue weighted by molar-refractivity contribution is 5.77. The summed E-state index contributed by atoms with van der Waals surface area (Å²) >= 11 is 0. The molecule has 0 aliphatic heterocycles. The molecule has 12 heteroatoms. The van der Waals surface area contributed by atoms with E-state index in [1.54, 1.807) is 11.6 Å². The summed E-state index contributed by atoms with van der Waals surface area (Å²) < 4.78 is 44.9. The molecule has 0 amide bonds. The topological polar surface area (TPSA) is 149 Å². The van der Waals surface area contributed by atoms with Gasteiger partial charge in [-0.2, -0.15) is 13.2 Å². The molecule has 192 valence electrons. The molecule has 0 radical (unpaired) electrons. The van der Waals surface area contributed by atoms with Crippen molar-refractivity contribution in [2.24, 2.45) is 24.4 Å². The molecule has 0 saturated carbocycles. The summed E-state index contributed by atoms with van der Waals surface area (Å²) in [7, 11) is 1.71. The van der Waals surface area contributed by atoms with Crippen molar-refractivity contribution < 1.29 is 32.9 Å². The van der Waals surface area contributed by atoms with Crippen molar-refractivity contribution in [2.75, 3.05) is 6.54 Å². The minimum Gasteiger partial charge on any atom is -0.437 e. The predicted molar refractivity (Wildman–Crippen MR) is 120 cm³/mol. The van der Waals surface area contributed by atoms with E-state index < -0.39 is 42.7 Å². The standard InChI is InChI=1S/C22H34F3N5O4/c1-11(2)9-15(18(32)19-28-14-10-12(3)5-6-16(14)30(19)4)29-20(17(31)13(27)7-8-26)34-21(33)22(23,24)25/h5-6,10-11,13,15,17-18,20,29,31-32H,7-9,26-27H2,1-4H3/t13-,15-,17-,18-,20?/m1/s1. The molecule has 34 heavy (non-hydrogen) atoms. The maximum absolute atomic E-state index is 12.9. The van der Waals surface area contributed by atoms with Gasteiger partial charge in [-0.25, -0.2) is 9.78 Å². The van der Waals surface area contributed by atoms with Gasteiger partial charge in [-0.15, -0.1) is 0 Å². The number of alkyl halides is 3. The Labute approximate surface area is 196 Å². The van der Waals surface area contributed by atoms with Gasteiger partial charge in [0.1, 0.15) is 18.0 Å². The van der Waals surface area contributed by atoms with Crippen LogP contribution in [0.1, 0.15) is 44.2 Å². The van der Waals surface area contributed by atoms with Gasteiger partial charge in [0.05, 0.1) is 11.0 Å². The Hall–Kier alpha value is -2.25. The molecular formula is C22H34F3N5O4. The normalized spacial score (nSPS) is 16.9. The zero-order chi connectivity index (χ0) is 25.8. The molecule has 5 atom stereocenters. The number of nitrogens with zero attached hydrogens (tertiary/aromatic N) is 2. The maximum atomic E-state index is 12.9. The van der Waals surface area contributed by atoms with E-state index >= 15 is 0 Å². The van der Waals surface area contributed by atoms with Crippen molar-refractivity contribution in [2.45, 2.75) is 70.3 Å². The summed E-state index contributed by atoms with van der Waals surface area (Å²) in [5.74, 6) is -2.24. The average molecular weight is 490 g/mol. The zero-order valence-corrected chi connectivity index (χ0v) is 19.7. The number of halogens is 3. The third-order valence-corrected chi connectivity index (χ3v) is 5.53. The van der Waals surface area contributed by atoms with Gasteiger partial charge >= 0.3 is 12.1 Å². The van der Waals surface area contributed by atoms with E-state index in [1.807, 2.05) is 39.0 Å². The van der Waals surface area contributed by atoms with Crippen LogP contribution in [0.5, 0.6) is 0 Å². The lowest BCUT2D eigenvalue weighted by molar-refractivity contribution is -0.213. The van der Waals surface area contributed by atoms with Gasteiger partial charge < -0.3 is 31.0 Å². The van der Waals surface area contributed by atoms with Crippen LogP contribution in [0.4, 0.5) is 13.2 Å². The molecule has 1 unspecified atom stereocenters. The van der Waals surface area contributed by atoms with Gasteiger partial charge in [-0.1, -0.05) is 19.9 Å². The minimum atomic E-state index is -5.28. The van der Waals surface area contributed by atoms with Crippen LogP contribution < -0.4 is 16.8 Å². The molecule has 9 nitrogen and oxygen atoms in total. The van der Waals surface area contributed by atoms with Crippen molar-refractivity contribution in [3.63, 3.8) is 0 Å². The molecule has 0 bridgehead atoms. The summed E-state index contributed by atoms with van der Waals surface area (Å²) in [6.45, 7) is 5.67. The first kappa shape index (κ1) is 28.0. The van der Waals surface area contributed by atoms with Crippen molar-refractivity contribution in [1.82, 2.24) is 14.9 Å². The van der Waals surface area contributed by atoms with Gasteiger partial charge in [-0.3, -0.25) is 5.32 Å². The van der Waals surface area contributed by atoms with Crippen molar-refractivity contribution in [3.05, 3.63) is 29.6 Å². The number of hydrogen-bond donors (Lipinski definition) is 5. The first-order chi connectivity index (χ1) is 15.8. The van der Waals surface area contributed by atoms with Crippen LogP contribution in [0.2, 0.25) is 0 Å². The van der Waals surface area contributed by atoms with E-state index in [2.05, 4.69) is 15.0 Å². The van der Waals surface area contributed by atoms with Crippen LogP contribution in [0.3, 0.4) is 0 Å². The summed E-state index contributed by atoms with van der Waals surface area (Å²) in [6.07, 6.45) is -9.79. The number of ether oxygens (including phenoxy) is 1. The number of nitrogens with two attached hydrogens (primary N) is 2. The third-order valence-electron chi connectivity index (χ3n) is 5.53.